The standard InChI is InChI=1S/C24H31N7O2/c1-33-20-6-4-5-19(15-20)21(29-11-2-3-12-29)16-25-24(32)18-9-13-30(14-10-18)23-8-7-22-27-26-17-31(22)28-23/h4-8,15,17-18,21H,2-3,9-14,16H2,1H3,(H,25,32)/t21-/m1/s1. The lowest BCUT2D eigenvalue weighted by Gasteiger charge is -2.33. The van der Waals surface area contributed by atoms with E-state index in [2.05, 4.69) is 42.5 Å². The molecule has 1 atom stereocenters. The van der Waals surface area contributed by atoms with E-state index in [0.29, 0.717) is 6.54 Å². The summed E-state index contributed by atoms with van der Waals surface area (Å²) >= 11 is 0. The number of fused-ring (bicyclic) bond motifs is 1. The Morgan fingerprint density at radius 2 is 1.97 bits per heavy atom. The van der Waals surface area contributed by atoms with Crippen LogP contribution in [0.3, 0.4) is 0 Å². The molecule has 4 heterocycles. The minimum Gasteiger partial charge on any atom is -0.497 e. The van der Waals surface area contributed by atoms with Gasteiger partial charge in [0.25, 0.3) is 0 Å². The van der Waals surface area contributed by atoms with E-state index in [1.807, 2.05) is 24.3 Å². The van der Waals surface area contributed by atoms with Gasteiger partial charge < -0.3 is 15.0 Å². The number of nitrogens with zero attached hydrogens (tertiary/aromatic N) is 6. The molecule has 33 heavy (non-hydrogen) atoms. The molecule has 9 nitrogen and oxygen atoms in total. The summed E-state index contributed by atoms with van der Waals surface area (Å²) in [5.74, 6) is 1.94. The number of amides is 1. The molecule has 1 aromatic carbocycles. The van der Waals surface area contributed by atoms with E-state index < -0.39 is 0 Å². The molecule has 0 spiro atoms. The van der Waals surface area contributed by atoms with Gasteiger partial charge in [-0.1, -0.05) is 12.1 Å². The third kappa shape index (κ3) is 4.78. The van der Waals surface area contributed by atoms with E-state index in [9.17, 15) is 4.79 Å². The number of carbonyl (C=O) groups excluding carboxylic acids is 1. The first kappa shape index (κ1) is 21.6. The third-order valence-electron chi connectivity index (χ3n) is 6.87. The van der Waals surface area contributed by atoms with Crippen LogP contribution in [-0.4, -0.2) is 70.5 Å². The number of nitrogens with one attached hydrogen (secondary N) is 1. The largest absolute Gasteiger partial charge is 0.497 e. The van der Waals surface area contributed by atoms with Gasteiger partial charge in [0.2, 0.25) is 5.91 Å². The van der Waals surface area contributed by atoms with Crippen LogP contribution in [0.15, 0.2) is 42.7 Å². The van der Waals surface area contributed by atoms with E-state index in [0.717, 1.165) is 56.2 Å². The van der Waals surface area contributed by atoms with Crippen LogP contribution in [0.5, 0.6) is 5.75 Å². The normalized spacial score (nSPS) is 18.5. The number of likely N-dealkylation sites (tertiary alicyclic amines) is 1. The first-order chi connectivity index (χ1) is 16.2. The highest BCUT2D eigenvalue weighted by Crippen LogP contribution is 2.28. The van der Waals surface area contributed by atoms with Crippen LogP contribution in [0.25, 0.3) is 5.65 Å². The molecule has 0 bridgehead atoms. The Hall–Kier alpha value is -3.20. The minimum atomic E-state index is 0.0319. The van der Waals surface area contributed by atoms with Gasteiger partial charge in [0, 0.05) is 25.6 Å². The first-order valence-electron chi connectivity index (χ1n) is 11.8. The monoisotopic (exact) mass is 449 g/mol. The van der Waals surface area contributed by atoms with Gasteiger partial charge in [-0.25, -0.2) is 0 Å². The SMILES string of the molecule is COc1cccc([C@@H](CNC(=O)C2CCN(c3ccc4nncn4n3)CC2)N2CCCC2)c1. The molecule has 1 amide bonds. The zero-order chi connectivity index (χ0) is 22.6. The van der Waals surface area contributed by atoms with Gasteiger partial charge in [-0.05, 0) is 68.6 Å². The predicted molar refractivity (Wildman–Crippen MR) is 125 cm³/mol. The molecular weight excluding hydrogens is 418 g/mol. The topological polar surface area (TPSA) is 87.9 Å². The van der Waals surface area contributed by atoms with Crippen LogP contribution >= 0.6 is 0 Å². The molecule has 2 aliphatic heterocycles. The zero-order valence-corrected chi connectivity index (χ0v) is 19.1. The van der Waals surface area contributed by atoms with Gasteiger partial charge in [0.1, 0.15) is 17.9 Å². The second-order valence-corrected chi connectivity index (χ2v) is 8.87. The number of piperidine rings is 1. The van der Waals surface area contributed by atoms with Crippen LogP contribution < -0.4 is 15.0 Å². The predicted octanol–water partition coefficient (Wildman–Crippen LogP) is 2.30. The smallest absolute Gasteiger partial charge is 0.223 e. The number of aromatic nitrogens is 4. The fourth-order valence-electron chi connectivity index (χ4n) is 4.96. The molecular formula is C24H31N7O2. The van der Waals surface area contributed by atoms with Crippen molar-refractivity contribution in [2.24, 2.45) is 5.92 Å². The number of carbonyl (C=O) groups is 1. The molecule has 9 heteroatoms. The van der Waals surface area contributed by atoms with Crippen LogP contribution in [0.1, 0.15) is 37.3 Å². The summed E-state index contributed by atoms with van der Waals surface area (Å²) in [5.41, 5.74) is 1.93. The lowest BCUT2D eigenvalue weighted by atomic mass is 9.95. The second kappa shape index (κ2) is 9.74. The average Bonchev–Trinajstić information content (AvgIpc) is 3.56. The molecule has 0 aliphatic carbocycles. The summed E-state index contributed by atoms with van der Waals surface area (Å²) in [6.45, 7) is 4.38. The Kier molecular flexibility index (Phi) is 6.39. The quantitative estimate of drug-likeness (QED) is 0.592. The van der Waals surface area contributed by atoms with Gasteiger partial charge in [-0.2, -0.15) is 4.52 Å². The second-order valence-electron chi connectivity index (χ2n) is 8.87. The average molecular weight is 450 g/mol. The van der Waals surface area contributed by atoms with Gasteiger partial charge in [-0.3, -0.25) is 9.69 Å². The summed E-state index contributed by atoms with van der Waals surface area (Å²) in [6, 6.07) is 12.3. The minimum absolute atomic E-state index is 0.0319. The first-order valence-corrected chi connectivity index (χ1v) is 11.8. The van der Waals surface area contributed by atoms with Crippen LogP contribution in [-0.2, 0) is 4.79 Å². The third-order valence-corrected chi connectivity index (χ3v) is 6.87. The summed E-state index contributed by atoms with van der Waals surface area (Å²) in [4.78, 5) is 17.8. The summed E-state index contributed by atoms with van der Waals surface area (Å²) in [6.07, 6.45) is 5.67. The van der Waals surface area contributed by atoms with E-state index in [1.54, 1.807) is 18.0 Å². The molecule has 2 aliphatic rings. The van der Waals surface area contributed by atoms with Gasteiger partial charge in [-0.15, -0.1) is 15.3 Å². The number of methoxy groups -OCH3 is 1. The lowest BCUT2D eigenvalue weighted by Crippen LogP contribution is -2.43. The number of anilines is 1. The fraction of sp³-hybridized carbons (Fsp3) is 0.500. The molecule has 2 aromatic heterocycles. The number of ether oxygens (including phenoxy) is 1. The van der Waals surface area contributed by atoms with E-state index in [4.69, 9.17) is 4.74 Å². The molecule has 174 valence electrons. The van der Waals surface area contributed by atoms with Crippen molar-refractivity contribution in [1.82, 2.24) is 30.0 Å². The maximum absolute atomic E-state index is 13.0. The highest BCUT2D eigenvalue weighted by molar-refractivity contribution is 5.79. The van der Waals surface area contributed by atoms with E-state index >= 15 is 0 Å². The van der Waals surface area contributed by atoms with Crippen LogP contribution in [0.4, 0.5) is 5.82 Å². The highest BCUT2D eigenvalue weighted by atomic mass is 16.5. The molecule has 0 radical (unpaired) electrons. The number of hydrogen-bond donors (Lipinski definition) is 1. The van der Waals surface area contributed by atoms with Crippen molar-refractivity contribution in [2.45, 2.75) is 31.7 Å². The van der Waals surface area contributed by atoms with Gasteiger partial charge >= 0.3 is 0 Å². The fourth-order valence-corrected chi connectivity index (χ4v) is 4.96. The Morgan fingerprint density at radius 3 is 2.76 bits per heavy atom. The number of rotatable bonds is 7. The number of benzene rings is 1. The van der Waals surface area contributed by atoms with Crippen molar-refractivity contribution in [3.8, 4) is 5.75 Å². The maximum Gasteiger partial charge on any atom is 0.223 e. The molecule has 2 fully saturated rings. The molecule has 2 saturated heterocycles. The summed E-state index contributed by atoms with van der Waals surface area (Å²) in [7, 11) is 1.69. The van der Waals surface area contributed by atoms with Crippen molar-refractivity contribution >= 4 is 17.4 Å². The Bertz CT molecular complexity index is 1090. The molecule has 1 N–H and O–H groups in total. The Balaban J connectivity index is 1.19. The van der Waals surface area contributed by atoms with Crippen molar-refractivity contribution in [1.29, 1.82) is 0 Å². The molecule has 5 rings (SSSR count). The Morgan fingerprint density at radius 1 is 1.15 bits per heavy atom. The molecule has 0 saturated carbocycles. The van der Waals surface area contributed by atoms with Crippen molar-refractivity contribution in [2.75, 3.05) is 44.7 Å². The highest BCUT2D eigenvalue weighted by Gasteiger charge is 2.28. The van der Waals surface area contributed by atoms with Gasteiger partial charge in [0.15, 0.2) is 5.65 Å². The summed E-state index contributed by atoms with van der Waals surface area (Å²) < 4.78 is 7.12. The van der Waals surface area contributed by atoms with E-state index in [-0.39, 0.29) is 17.9 Å². The number of hydrogen-bond acceptors (Lipinski definition) is 7. The van der Waals surface area contributed by atoms with Gasteiger partial charge in [0.05, 0.1) is 13.2 Å². The van der Waals surface area contributed by atoms with Crippen molar-refractivity contribution in [3.05, 3.63) is 48.3 Å². The van der Waals surface area contributed by atoms with Crippen LogP contribution in [0.2, 0.25) is 0 Å². The van der Waals surface area contributed by atoms with Crippen molar-refractivity contribution in [3.63, 3.8) is 0 Å². The zero-order valence-electron chi connectivity index (χ0n) is 19.1. The van der Waals surface area contributed by atoms with Crippen LogP contribution in [0, 0.1) is 5.92 Å². The molecule has 0 unspecified atom stereocenters. The van der Waals surface area contributed by atoms with Crippen molar-refractivity contribution < 1.29 is 9.53 Å². The van der Waals surface area contributed by atoms with E-state index in [1.165, 1.54) is 18.4 Å². The molecule has 3 aromatic rings. The maximum atomic E-state index is 13.0. The summed E-state index contributed by atoms with van der Waals surface area (Å²) in [5, 5.41) is 15.7. The Labute approximate surface area is 193 Å². The lowest BCUT2D eigenvalue weighted by molar-refractivity contribution is -0.125.